The average Bonchev–Trinajstić information content (AvgIpc) is 3.44. The molecule has 34 heavy (non-hydrogen) atoms. The number of para-hydroxylation sites is 1. The number of anilines is 2. The summed E-state index contributed by atoms with van der Waals surface area (Å²) in [4.78, 5) is 13.3. The molecule has 0 aliphatic rings. The number of methoxy groups -OCH3 is 2. The Kier molecular flexibility index (Phi) is 5.91. The van der Waals surface area contributed by atoms with E-state index in [2.05, 4.69) is 10.6 Å². The third-order valence-electron chi connectivity index (χ3n) is 5.37. The van der Waals surface area contributed by atoms with Gasteiger partial charge < -0.3 is 24.5 Å². The monoisotopic (exact) mass is 488 g/mol. The second-order valence-corrected chi connectivity index (χ2v) is 8.90. The van der Waals surface area contributed by atoms with E-state index in [9.17, 15) is 4.79 Å². The molecule has 0 saturated carbocycles. The molecule has 0 saturated heterocycles. The Balaban J connectivity index is 1.45. The van der Waals surface area contributed by atoms with Gasteiger partial charge in [-0.1, -0.05) is 48.5 Å². The molecule has 0 atom stereocenters. The lowest BCUT2D eigenvalue weighted by molar-refractivity contribution is 0.0602. The van der Waals surface area contributed by atoms with Crippen molar-refractivity contribution in [3.05, 3.63) is 78.4 Å². The van der Waals surface area contributed by atoms with E-state index in [0.29, 0.717) is 32.7 Å². The Labute approximate surface area is 205 Å². The van der Waals surface area contributed by atoms with Gasteiger partial charge in [-0.3, -0.25) is 0 Å². The number of furan rings is 1. The molecule has 0 amide bonds. The van der Waals surface area contributed by atoms with Crippen LogP contribution in [0.2, 0.25) is 0 Å². The highest BCUT2D eigenvalue weighted by molar-refractivity contribution is 7.80. The van der Waals surface area contributed by atoms with E-state index in [4.69, 9.17) is 26.1 Å². The number of carbonyl (C=O) groups is 1. The number of hydrogen-bond donors (Lipinski definition) is 2. The molecule has 5 aromatic rings. The first-order chi connectivity index (χ1) is 16.6. The molecule has 0 spiro atoms. The van der Waals surface area contributed by atoms with Crippen molar-refractivity contribution in [1.82, 2.24) is 0 Å². The normalized spacial score (nSPS) is 10.9. The third kappa shape index (κ3) is 4.09. The van der Waals surface area contributed by atoms with Crippen LogP contribution in [0.4, 0.5) is 10.7 Å². The molecule has 0 bridgehead atoms. The van der Waals surface area contributed by atoms with Crippen molar-refractivity contribution in [3.63, 3.8) is 0 Å². The van der Waals surface area contributed by atoms with Gasteiger partial charge in [0.15, 0.2) is 5.11 Å². The van der Waals surface area contributed by atoms with E-state index in [1.807, 2.05) is 66.7 Å². The number of thiocarbonyl (C=S) groups is 1. The number of rotatable bonds is 5. The van der Waals surface area contributed by atoms with Crippen molar-refractivity contribution in [2.45, 2.75) is 0 Å². The maximum atomic E-state index is 12.4. The molecule has 2 aromatic heterocycles. The van der Waals surface area contributed by atoms with Crippen LogP contribution >= 0.6 is 23.6 Å². The zero-order valence-electron chi connectivity index (χ0n) is 18.4. The number of hydrogen-bond acceptors (Lipinski definition) is 6. The summed E-state index contributed by atoms with van der Waals surface area (Å²) in [6.45, 7) is 0. The third-order valence-corrected chi connectivity index (χ3v) is 6.67. The van der Waals surface area contributed by atoms with E-state index in [1.54, 1.807) is 13.2 Å². The first kappa shape index (κ1) is 21.9. The predicted molar refractivity (Wildman–Crippen MR) is 141 cm³/mol. The Hall–Kier alpha value is -3.88. The van der Waals surface area contributed by atoms with Crippen molar-refractivity contribution in [2.24, 2.45) is 0 Å². The molecule has 0 radical (unpaired) electrons. The van der Waals surface area contributed by atoms with Gasteiger partial charge >= 0.3 is 5.97 Å². The van der Waals surface area contributed by atoms with Crippen LogP contribution in [0.1, 0.15) is 10.4 Å². The Morgan fingerprint density at radius 2 is 1.68 bits per heavy atom. The van der Waals surface area contributed by atoms with Gasteiger partial charge in [-0.25, -0.2) is 4.79 Å². The lowest BCUT2D eigenvalue weighted by atomic mass is 10.1. The van der Waals surface area contributed by atoms with Gasteiger partial charge in [-0.2, -0.15) is 0 Å². The summed E-state index contributed by atoms with van der Waals surface area (Å²) >= 11 is 6.99. The fourth-order valence-electron chi connectivity index (χ4n) is 3.76. The highest BCUT2D eigenvalue weighted by Crippen LogP contribution is 2.38. The molecule has 170 valence electrons. The van der Waals surface area contributed by atoms with Crippen molar-refractivity contribution in [3.8, 4) is 16.2 Å². The first-order valence-corrected chi connectivity index (χ1v) is 11.6. The molecule has 0 aliphatic carbocycles. The van der Waals surface area contributed by atoms with Crippen LogP contribution in [0, 0.1) is 0 Å². The lowest BCUT2D eigenvalue weighted by Crippen LogP contribution is -2.20. The quantitative estimate of drug-likeness (QED) is 0.205. The molecule has 5 rings (SSSR count). The molecule has 2 N–H and O–H groups in total. The van der Waals surface area contributed by atoms with Crippen LogP contribution in [0.5, 0.6) is 5.75 Å². The van der Waals surface area contributed by atoms with E-state index >= 15 is 0 Å². The minimum absolute atomic E-state index is 0.306. The number of fused-ring (bicyclic) bond motifs is 3. The maximum Gasteiger partial charge on any atom is 0.340 e. The molecule has 0 aliphatic heterocycles. The maximum absolute atomic E-state index is 12.4. The number of benzene rings is 3. The van der Waals surface area contributed by atoms with E-state index in [1.165, 1.54) is 18.4 Å². The topological polar surface area (TPSA) is 72.7 Å². The minimum Gasteiger partial charge on any atom is -0.495 e. The number of thiophene rings is 1. The largest absolute Gasteiger partial charge is 0.495 e. The summed E-state index contributed by atoms with van der Waals surface area (Å²) in [7, 11) is 2.96. The molecule has 3 aromatic carbocycles. The smallest absolute Gasteiger partial charge is 0.340 e. The first-order valence-electron chi connectivity index (χ1n) is 10.4. The standard InChI is InChI=1S/C26H20N2O4S2/c1-30-22-12-17-16-10-6-7-11-20(16)32-21(17)14-19(22)27-26(33)28-24-18(25(29)31-2)13-23(34-24)15-8-4-3-5-9-15/h3-14H,1-2H3,(H2,27,28,33). The minimum atomic E-state index is -0.440. The van der Waals surface area contributed by atoms with Gasteiger partial charge in [0.05, 0.1) is 25.5 Å². The Bertz CT molecular complexity index is 1520. The summed E-state index contributed by atoms with van der Waals surface area (Å²) in [6, 6.07) is 23.2. The summed E-state index contributed by atoms with van der Waals surface area (Å²) < 4.78 is 16.6. The van der Waals surface area contributed by atoms with E-state index in [0.717, 1.165) is 26.8 Å². The Morgan fingerprint density at radius 1 is 0.912 bits per heavy atom. The van der Waals surface area contributed by atoms with Gasteiger partial charge in [-0.15, -0.1) is 11.3 Å². The zero-order valence-corrected chi connectivity index (χ0v) is 20.0. The number of esters is 1. The Morgan fingerprint density at radius 3 is 2.44 bits per heavy atom. The van der Waals surface area contributed by atoms with Gasteiger partial charge in [-0.05, 0) is 36.0 Å². The van der Waals surface area contributed by atoms with Crippen LogP contribution in [-0.2, 0) is 4.74 Å². The van der Waals surface area contributed by atoms with Gasteiger partial charge in [0.1, 0.15) is 21.9 Å². The number of ether oxygens (including phenoxy) is 2. The van der Waals surface area contributed by atoms with E-state index < -0.39 is 5.97 Å². The highest BCUT2D eigenvalue weighted by atomic mass is 32.1. The number of nitrogens with one attached hydrogen (secondary N) is 2. The lowest BCUT2D eigenvalue weighted by Gasteiger charge is -2.13. The molecular formula is C26H20N2O4S2. The SMILES string of the molecule is COC(=O)c1cc(-c2ccccc2)sc1NC(=S)Nc1cc2oc3ccccc3c2cc1OC. The summed E-state index contributed by atoms with van der Waals surface area (Å²) in [5.74, 6) is 0.178. The summed E-state index contributed by atoms with van der Waals surface area (Å²) in [5, 5.41) is 9.17. The van der Waals surface area contributed by atoms with E-state index in [-0.39, 0.29) is 0 Å². The van der Waals surface area contributed by atoms with Crippen LogP contribution in [0.3, 0.4) is 0 Å². The van der Waals surface area contributed by atoms with Crippen molar-refractivity contribution >= 4 is 67.3 Å². The molecular weight excluding hydrogens is 468 g/mol. The van der Waals surface area contributed by atoms with Crippen molar-refractivity contribution in [2.75, 3.05) is 24.9 Å². The second-order valence-electron chi connectivity index (χ2n) is 7.44. The van der Waals surface area contributed by atoms with Crippen molar-refractivity contribution < 1.29 is 18.7 Å². The summed E-state index contributed by atoms with van der Waals surface area (Å²) in [5.41, 5.74) is 3.57. The van der Waals surface area contributed by atoms with Gasteiger partial charge in [0, 0.05) is 21.7 Å². The molecule has 0 fully saturated rings. The van der Waals surface area contributed by atoms with Crippen LogP contribution in [-0.4, -0.2) is 25.3 Å². The van der Waals surface area contributed by atoms with Crippen LogP contribution in [0.15, 0.2) is 77.2 Å². The van der Waals surface area contributed by atoms with Crippen molar-refractivity contribution in [1.29, 1.82) is 0 Å². The van der Waals surface area contributed by atoms with Gasteiger partial charge in [0.25, 0.3) is 0 Å². The van der Waals surface area contributed by atoms with Crippen LogP contribution in [0.25, 0.3) is 32.4 Å². The number of carbonyl (C=O) groups excluding carboxylic acids is 1. The highest BCUT2D eigenvalue weighted by Gasteiger charge is 2.19. The summed E-state index contributed by atoms with van der Waals surface area (Å²) in [6.07, 6.45) is 0. The van der Waals surface area contributed by atoms with Crippen LogP contribution < -0.4 is 15.4 Å². The fraction of sp³-hybridized carbons (Fsp3) is 0.0769. The molecule has 0 unspecified atom stereocenters. The average molecular weight is 489 g/mol. The second kappa shape index (κ2) is 9.17. The van der Waals surface area contributed by atoms with Gasteiger partial charge in [0.2, 0.25) is 0 Å². The fourth-order valence-corrected chi connectivity index (χ4v) is 5.10. The molecule has 2 heterocycles. The molecule has 6 nitrogen and oxygen atoms in total. The predicted octanol–water partition coefficient (Wildman–Crippen LogP) is 6.92. The zero-order chi connectivity index (χ0) is 23.7. The molecule has 8 heteroatoms.